The van der Waals surface area contributed by atoms with Gasteiger partial charge in [0.2, 0.25) is 0 Å². The van der Waals surface area contributed by atoms with Crippen LogP contribution in [0.25, 0.3) is 0 Å². The Morgan fingerprint density at radius 1 is 1.44 bits per heavy atom. The molecule has 0 N–H and O–H groups in total. The van der Waals surface area contributed by atoms with Crippen LogP contribution >= 0.6 is 11.6 Å². The number of oxime groups is 1. The molecule has 0 aliphatic carbocycles. The zero-order valence-electron chi connectivity index (χ0n) is 9.59. The van der Waals surface area contributed by atoms with Crippen LogP contribution in [0, 0.1) is 0 Å². The Morgan fingerprint density at radius 2 is 2.17 bits per heavy atom. The molecule has 1 aromatic rings. The molecule has 1 aliphatic rings. The van der Waals surface area contributed by atoms with E-state index >= 15 is 0 Å². The van der Waals surface area contributed by atoms with E-state index in [4.69, 9.17) is 16.4 Å². The van der Waals surface area contributed by atoms with Crippen molar-refractivity contribution in [3.05, 3.63) is 34.3 Å². The Labute approximate surface area is 107 Å². The van der Waals surface area contributed by atoms with Gasteiger partial charge in [-0.1, -0.05) is 35.8 Å². The standard InChI is InChI=1S/C12H11ClF3NO/c1-2-7-6-10(17-18-7)8-4-3-5-9(11(8)13)12(14,15)16/h3-5,7H,2,6H2,1H3. The molecule has 1 atom stereocenters. The molecule has 0 aromatic heterocycles. The zero-order chi connectivity index (χ0) is 13.3. The van der Waals surface area contributed by atoms with Gasteiger partial charge >= 0.3 is 6.18 Å². The van der Waals surface area contributed by atoms with Gasteiger partial charge in [-0.3, -0.25) is 0 Å². The average Bonchev–Trinajstić information content (AvgIpc) is 2.76. The molecule has 0 bridgehead atoms. The number of benzene rings is 1. The smallest absolute Gasteiger partial charge is 0.392 e. The fraction of sp³-hybridized carbons (Fsp3) is 0.417. The first-order chi connectivity index (χ1) is 8.43. The lowest BCUT2D eigenvalue weighted by atomic mass is 10.0. The predicted octanol–water partition coefficient (Wildman–Crippen LogP) is 4.26. The van der Waals surface area contributed by atoms with E-state index in [1.807, 2.05) is 6.92 Å². The van der Waals surface area contributed by atoms with Gasteiger partial charge in [0.25, 0.3) is 0 Å². The first-order valence-electron chi connectivity index (χ1n) is 5.52. The highest BCUT2D eigenvalue weighted by atomic mass is 35.5. The van der Waals surface area contributed by atoms with Crippen LogP contribution in [0.5, 0.6) is 0 Å². The summed E-state index contributed by atoms with van der Waals surface area (Å²) in [4.78, 5) is 5.10. The summed E-state index contributed by atoms with van der Waals surface area (Å²) in [6.07, 6.45) is -3.30. The van der Waals surface area contributed by atoms with Gasteiger partial charge < -0.3 is 4.84 Å². The monoisotopic (exact) mass is 277 g/mol. The third-order valence-corrected chi connectivity index (χ3v) is 3.21. The number of hydrogen-bond acceptors (Lipinski definition) is 2. The number of rotatable bonds is 2. The van der Waals surface area contributed by atoms with Crippen LogP contribution in [-0.4, -0.2) is 11.8 Å². The summed E-state index contributed by atoms with van der Waals surface area (Å²) < 4.78 is 38.1. The molecule has 0 saturated heterocycles. The second-order valence-electron chi connectivity index (χ2n) is 4.04. The quantitative estimate of drug-likeness (QED) is 0.791. The first kappa shape index (κ1) is 13.2. The fourth-order valence-electron chi connectivity index (χ4n) is 1.78. The van der Waals surface area contributed by atoms with Crippen LogP contribution < -0.4 is 0 Å². The van der Waals surface area contributed by atoms with Crippen molar-refractivity contribution in [2.24, 2.45) is 5.16 Å². The largest absolute Gasteiger partial charge is 0.417 e. The lowest BCUT2D eigenvalue weighted by Crippen LogP contribution is -2.11. The minimum atomic E-state index is -4.46. The van der Waals surface area contributed by atoms with Gasteiger partial charge in [-0.05, 0) is 12.5 Å². The molecule has 1 aromatic carbocycles. The Bertz CT molecular complexity index is 485. The van der Waals surface area contributed by atoms with Crippen molar-refractivity contribution in [3.8, 4) is 0 Å². The van der Waals surface area contributed by atoms with Crippen LogP contribution in [0.3, 0.4) is 0 Å². The molecule has 98 valence electrons. The molecule has 1 heterocycles. The predicted molar refractivity (Wildman–Crippen MR) is 62.8 cm³/mol. The van der Waals surface area contributed by atoms with E-state index in [1.165, 1.54) is 12.1 Å². The van der Waals surface area contributed by atoms with Gasteiger partial charge in [-0.2, -0.15) is 13.2 Å². The van der Waals surface area contributed by atoms with E-state index in [9.17, 15) is 13.2 Å². The highest BCUT2D eigenvalue weighted by molar-refractivity contribution is 6.35. The van der Waals surface area contributed by atoms with Gasteiger partial charge in [0.15, 0.2) is 0 Å². The molecule has 6 heteroatoms. The van der Waals surface area contributed by atoms with Gasteiger partial charge in [0.05, 0.1) is 16.3 Å². The van der Waals surface area contributed by atoms with Crippen LogP contribution in [0.1, 0.15) is 30.9 Å². The Kier molecular flexibility index (Phi) is 3.52. The number of nitrogens with zero attached hydrogens (tertiary/aromatic N) is 1. The lowest BCUT2D eigenvalue weighted by molar-refractivity contribution is -0.137. The van der Waals surface area contributed by atoms with Crippen molar-refractivity contribution >= 4 is 17.3 Å². The second-order valence-corrected chi connectivity index (χ2v) is 4.42. The van der Waals surface area contributed by atoms with Gasteiger partial charge in [-0.15, -0.1) is 0 Å². The normalized spacial score (nSPS) is 19.6. The van der Waals surface area contributed by atoms with E-state index < -0.39 is 11.7 Å². The van der Waals surface area contributed by atoms with Crippen LogP contribution in [0.2, 0.25) is 5.02 Å². The number of halogens is 4. The van der Waals surface area contributed by atoms with E-state index in [-0.39, 0.29) is 11.1 Å². The van der Waals surface area contributed by atoms with Gasteiger partial charge in [0.1, 0.15) is 6.10 Å². The molecular formula is C12H11ClF3NO. The fourth-order valence-corrected chi connectivity index (χ4v) is 2.12. The van der Waals surface area contributed by atoms with Crippen molar-refractivity contribution in [2.75, 3.05) is 0 Å². The highest BCUT2D eigenvalue weighted by Gasteiger charge is 2.35. The molecule has 0 saturated carbocycles. The van der Waals surface area contributed by atoms with Crippen molar-refractivity contribution in [2.45, 2.75) is 32.0 Å². The second kappa shape index (κ2) is 4.80. The van der Waals surface area contributed by atoms with Gasteiger partial charge in [-0.25, -0.2) is 0 Å². The molecule has 1 aliphatic heterocycles. The van der Waals surface area contributed by atoms with E-state index in [1.54, 1.807) is 0 Å². The summed E-state index contributed by atoms with van der Waals surface area (Å²) in [5, 5.41) is 3.49. The first-order valence-corrected chi connectivity index (χ1v) is 5.90. The molecule has 2 rings (SSSR count). The maximum Gasteiger partial charge on any atom is 0.417 e. The van der Waals surface area contributed by atoms with Crippen molar-refractivity contribution in [1.29, 1.82) is 0 Å². The summed E-state index contributed by atoms with van der Waals surface area (Å²) in [6.45, 7) is 1.93. The summed E-state index contributed by atoms with van der Waals surface area (Å²) >= 11 is 5.81. The zero-order valence-corrected chi connectivity index (χ0v) is 10.3. The Balaban J connectivity index is 2.36. The molecule has 18 heavy (non-hydrogen) atoms. The number of hydrogen-bond donors (Lipinski definition) is 0. The van der Waals surface area contributed by atoms with Crippen molar-refractivity contribution in [1.82, 2.24) is 0 Å². The number of alkyl halides is 3. The Morgan fingerprint density at radius 3 is 2.72 bits per heavy atom. The third-order valence-electron chi connectivity index (χ3n) is 2.80. The maximum absolute atomic E-state index is 12.7. The van der Waals surface area contributed by atoms with E-state index in [0.29, 0.717) is 17.7 Å². The van der Waals surface area contributed by atoms with Gasteiger partial charge in [0, 0.05) is 12.0 Å². The average molecular weight is 278 g/mol. The molecular weight excluding hydrogens is 267 g/mol. The van der Waals surface area contributed by atoms with Crippen molar-refractivity contribution < 1.29 is 18.0 Å². The summed E-state index contributed by atoms with van der Waals surface area (Å²) in [7, 11) is 0. The molecule has 0 spiro atoms. The Hall–Kier alpha value is -1.23. The van der Waals surface area contributed by atoms with Crippen LogP contribution in [0.15, 0.2) is 23.4 Å². The summed E-state index contributed by atoms with van der Waals surface area (Å²) in [5.41, 5.74) is -0.0790. The molecule has 0 fully saturated rings. The molecule has 0 amide bonds. The van der Waals surface area contributed by atoms with E-state index in [2.05, 4.69) is 5.16 Å². The lowest BCUT2D eigenvalue weighted by Gasteiger charge is -2.11. The SMILES string of the molecule is CCC1CC(c2cccc(C(F)(F)F)c2Cl)=NO1. The van der Waals surface area contributed by atoms with Crippen LogP contribution in [0.4, 0.5) is 13.2 Å². The highest BCUT2D eigenvalue weighted by Crippen LogP contribution is 2.37. The van der Waals surface area contributed by atoms with E-state index in [0.717, 1.165) is 12.5 Å². The molecule has 0 radical (unpaired) electrons. The summed E-state index contributed by atoms with van der Waals surface area (Å²) in [5.74, 6) is 0. The minimum absolute atomic E-state index is 0.0781. The minimum Gasteiger partial charge on any atom is -0.392 e. The molecule has 2 nitrogen and oxygen atoms in total. The third kappa shape index (κ3) is 2.46. The van der Waals surface area contributed by atoms with Crippen molar-refractivity contribution in [3.63, 3.8) is 0 Å². The molecule has 1 unspecified atom stereocenters. The summed E-state index contributed by atoms with van der Waals surface area (Å²) in [6, 6.07) is 3.81. The van der Waals surface area contributed by atoms with Crippen LogP contribution in [-0.2, 0) is 11.0 Å². The maximum atomic E-state index is 12.7. The topological polar surface area (TPSA) is 21.6 Å².